The van der Waals surface area contributed by atoms with Crippen LogP contribution in [0.2, 0.25) is 0 Å². The first-order chi connectivity index (χ1) is 15.0. The number of nitrogens with one attached hydrogen (secondary N) is 4. The summed E-state index contributed by atoms with van der Waals surface area (Å²) in [5.74, 6) is -1.01. The molecule has 0 fully saturated rings. The second-order valence-electron chi connectivity index (χ2n) is 6.11. The largest absolute Gasteiger partial charge is 0.478 e. The third kappa shape index (κ3) is 7.43. The van der Waals surface area contributed by atoms with Crippen molar-refractivity contribution < 1.29 is 9.90 Å². The summed E-state index contributed by atoms with van der Waals surface area (Å²) in [6.07, 6.45) is 0. The first kappa shape index (κ1) is 23.9. The van der Waals surface area contributed by atoms with Crippen LogP contribution in [0.4, 0.5) is 0 Å². The predicted molar refractivity (Wildman–Crippen MR) is 132 cm³/mol. The molecule has 0 atom stereocenters. The zero-order chi connectivity index (χ0) is 22.6. The third-order valence-corrected chi connectivity index (χ3v) is 4.36. The predicted octanol–water partition coefficient (Wildman–Crippen LogP) is 2.46. The van der Waals surface area contributed by atoms with Crippen LogP contribution in [0.5, 0.6) is 0 Å². The van der Waals surface area contributed by atoms with Crippen molar-refractivity contribution >= 4 is 52.1 Å². The van der Waals surface area contributed by atoms with E-state index in [1.807, 2.05) is 44.2 Å². The normalized spacial score (nSPS) is 11.4. The summed E-state index contributed by atoms with van der Waals surface area (Å²) in [5, 5.41) is 24.8. The molecule has 0 aliphatic heterocycles. The van der Waals surface area contributed by atoms with Gasteiger partial charge in [-0.15, -0.1) is 0 Å². The summed E-state index contributed by atoms with van der Waals surface area (Å²) < 4.78 is 0. The van der Waals surface area contributed by atoms with Crippen LogP contribution in [-0.4, -0.2) is 45.8 Å². The van der Waals surface area contributed by atoms with Crippen molar-refractivity contribution in [2.45, 2.75) is 13.8 Å². The van der Waals surface area contributed by atoms with Gasteiger partial charge in [0, 0.05) is 24.2 Å². The molecule has 0 unspecified atom stereocenters. The van der Waals surface area contributed by atoms with E-state index in [0.717, 1.165) is 5.56 Å². The third-order valence-electron chi connectivity index (χ3n) is 3.89. The standard InChI is InChI=1S/C21H24N6O2S2/c1-3-22-20(30)26-24-17(14-8-6-5-7-9-14)18(25-27-21(31)23-4-2)15-10-12-16(13-11-15)19(28)29/h5-13H,3-4H2,1-2H3,(H,28,29)(H2,22,26,30)(H2,23,27,31). The molecule has 0 aliphatic carbocycles. The van der Waals surface area contributed by atoms with Gasteiger partial charge in [0.2, 0.25) is 0 Å². The van der Waals surface area contributed by atoms with E-state index in [9.17, 15) is 9.90 Å². The quantitative estimate of drug-likeness (QED) is 0.234. The fourth-order valence-corrected chi connectivity index (χ4v) is 2.87. The summed E-state index contributed by atoms with van der Waals surface area (Å²) in [4.78, 5) is 11.2. The minimum Gasteiger partial charge on any atom is -0.478 e. The minimum atomic E-state index is -1.01. The molecular weight excluding hydrogens is 432 g/mol. The number of carboxylic acid groups (broad SMARTS) is 1. The molecule has 31 heavy (non-hydrogen) atoms. The molecule has 0 saturated heterocycles. The lowest BCUT2D eigenvalue weighted by Gasteiger charge is -2.13. The second kappa shape index (κ2) is 12.4. The summed E-state index contributed by atoms with van der Waals surface area (Å²) in [6, 6.07) is 15.8. The smallest absolute Gasteiger partial charge is 0.335 e. The molecule has 0 aliphatic rings. The van der Waals surface area contributed by atoms with E-state index >= 15 is 0 Å². The Kier molecular flexibility index (Phi) is 9.53. The number of rotatable bonds is 8. The summed E-state index contributed by atoms with van der Waals surface area (Å²) in [6.45, 7) is 5.14. The first-order valence-electron chi connectivity index (χ1n) is 9.58. The molecule has 0 radical (unpaired) electrons. The number of aromatic carboxylic acids is 1. The number of hydrazone groups is 2. The molecule has 0 saturated carbocycles. The SMILES string of the molecule is CCNC(=S)NN=C(C(=NNC(=S)NCC)c1ccc(C(=O)O)cc1)c1ccccc1. The molecular formula is C21H24N6O2S2. The Morgan fingerprint density at radius 3 is 1.61 bits per heavy atom. The topological polar surface area (TPSA) is 110 Å². The summed E-state index contributed by atoms with van der Waals surface area (Å²) in [7, 11) is 0. The van der Waals surface area contributed by atoms with E-state index in [4.69, 9.17) is 24.4 Å². The summed E-state index contributed by atoms with van der Waals surface area (Å²) in [5.41, 5.74) is 8.20. The van der Waals surface area contributed by atoms with Crippen molar-refractivity contribution in [3.63, 3.8) is 0 Å². The zero-order valence-electron chi connectivity index (χ0n) is 17.2. The van der Waals surface area contributed by atoms with Gasteiger partial charge in [0.05, 0.1) is 5.56 Å². The maximum absolute atomic E-state index is 11.2. The molecule has 2 aromatic rings. The van der Waals surface area contributed by atoms with E-state index in [0.29, 0.717) is 40.3 Å². The van der Waals surface area contributed by atoms with Gasteiger partial charge in [-0.05, 0) is 50.4 Å². The Bertz CT molecular complexity index is 975. The van der Waals surface area contributed by atoms with Gasteiger partial charge in [0.25, 0.3) is 0 Å². The first-order valence-corrected chi connectivity index (χ1v) is 10.4. The lowest BCUT2D eigenvalue weighted by atomic mass is 9.99. The van der Waals surface area contributed by atoms with Gasteiger partial charge in [-0.25, -0.2) is 4.79 Å². The van der Waals surface area contributed by atoms with Crippen molar-refractivity contribution in [3.05, 3.63) is 71.3 Å². The van der Waals surface area contributed by atoms with Gasteiger partial charge in [0.15, 0.2) is 10.2 Å². The van der Waals surface area contributed by atoms with Crippen molar-refractivity contribution in [2.24, 2.45) is 10.2 Å². The molecule has 0 spiro atoms. The molecule has 2 rings (SSSR count). The van der Waals surface area contributed by atoms with Gasteiger partial charge < -0.3 is 15.7 Å². The maximum Gasteiger partial charge on any atom is 0.335 e. The van der Waals surface area contributed by atoms with Crippen LogP contribution < -0.4 is 21.5 Å². The van der Waals surface area contributed by atoms with E-state index in [2.05, 4.69) is 31.7 Å². The average Bonchev–Trinajstić information content (AvgIpc) is 2.77. The molecule has 162 valence electrons. The van der Waals surface area contributed by atoms with Crippen LogP contribution in [0, 0.1) is 0 Å². The number of thiocarbonyl (C=S) groups is 2. The fraction of sp³-hybridized carbons (Fsp3) is 0.190. The summed E-state index contributed by atoms with van der Waals surface area (Å²) >= 11 is 10.5. The highest BCUT2D eigenvalue weighted by molar-refractivity contribution is 7.80. The molecule has 0 amide bonds. The van der Waals surface area contributed by atoms with Crippen molar-refractivity contribution in [2.75, 3.05) is 13.1 Å². The highest BCUT2D eigenvalue weighted by Gasteiger charge is 2.16. The van der Waals surface area contributed by atoms with Gasteiger partial charge in [-0.3, -0.25) is 10.9 Å². The lowest BCUT2D eigenvalue weighted by Crippen LogP contribution is -2.35. The lowest BCUT2D eigenvalue weighted by molar-refractivity contribution is 0.0697. The second-order valence-corrected chi connectivity index (χ2v) is 6.93. The van der Waals surface area contributed by atoms with Gasteiger partial charge >= 0.3 is 5.97 Å². The molecule has 0 heterocycles. The van der Waals surface area contributed by atoms with E-state index < -0.39 is 5.97 Å². The van der Waals surface area contributed by atoms with Crippen LogP contribution in [0.1, 0.15) is 35.3 Å². The van der Waals surface area contributed by atoms with Gasteiger partial charge in [-0.2, -0.15) is 10.2 Å². The van der Waals surface area contributed by atoms with Crippen LogP contribution in [0.15, 0.2) is 64.8 Å². The number of carbonyl (C=O) groups is 1. The van der Waals surface area contributed by atoms with Crippen LogP contribution in [0.25, 0.3) is 0 Å². The highest BCUT2D eigenvalue weighted by atomic mass is 32.1. The van der Waals surface area contributed by atoms with Crippen molar-refractivity contribution in [1.29, 1.82) is 0 Å². The Morgan fingerprint density at radius 2 is 1.19 bits per heavy atom. The van der Waals surface area contributed by atoms with E-state index in [1.54, 1.807) is 12.1 Å². The van der Waals surface area contributed by atoms with Crippen molar-refractivity contribution in [3.8, 4) is 0 Å². The Balaban J connectivity index is 2.55. The number of hydrogen-bond donors (Lipinski definition) is 5. The number of nitrogens with zero attached hydrogens (tertiary/aromatic N) is 2. The van der Waals surface area contributed by atoms with E-state index in [-0.39, 0.29) is 5.56 Å². The molecule has 8 nitrogen and oxygen atoms in total. The molecule has 5 N–H and O–H groups in total. The van der Waals surface area contributed by atoms with Gasteiger partial charge in [-0.1, -0.05) is 42.5 Å². The minimum absolute atomic E-state index is 0.170. The Labute approximate surface area is 191 Å². The number of carboxylic acids is 1. The van der Waals surface area contributed by atoms with Crippen molar-refractivity contribution in [1.82, 2.24) is 21.5 Å². The molecule has 10 heteroatoms. The number of benzene rings is 2. The Morgan fingerprint density at radius 1 is 0.774 bits per heavy atom. The van der Waals surface area contributed by atoms with Crippen LogP contribution in [0.3, 0.4) is 0 Å². The fourth-order valence-electron chi connectivity index (χ4n) is 2.49. The van der Waals surface area contributed by atoms with E-state index in [1.165, 1.54) is 12.1 Å². The van der Waals surface area contributed by atoms with Gasteiger partial charge in [0.1, 0.15) is 11.4 Å². The number of hydrogen-bond acceptors (Lipinski definition) is 5. The maximum atomic E-state index is 11.2. The monoisotopic (exact) mass is 456 g/mol. The molecule has 2 aromatic carbocycles. The Hall–Kier alpha value is -3.37. The molecule has 0 bridgehead atoms. The zero-order valence-corrected chi connectivity index (χ0v) is 18.8. The average molecular weight is 457 g/mol. The molecule has 0 aromatic heterocycles. The highest BCUT2D eigenvalue weighted by Crippen LogP contribution is 2.12. The van der Waals surface area contributed by atoms with Crippen LogP contribution in [-0.2, 0) is 0 Å². The van der Waals surface area contributed by atoms with Crippen LogP contribution >= 0.6 is 24.4 Å².